The monoisotopic (exact) mass is 276 g/mol. The zero-order valence-electron chi connectivity index (χ0n) is 10.8. The summed E-state index contributed by atoms with van der Waals surface area (Å²) in [6, 6.07) is -0.757. The van der Waals surface area contributed by atoms with Crippen molar-refractivity contribution in [3.63, 3.8) is 0 Å². The predicted octanol–water partition coefficient (Wildman–Crippen LogP) is -0.232. The molecule has 0 aromatic carbocycles. The molecule has 104 valence electrons. The van der Waals surface area contributed by atoms with Gasteiger partial charge in [0.15, 0.2) is 0 Å². The maximum Gasteiger partial charge on any atom is 0.321 e. The molecule has 3 atom stereocenters. The first-order chi connectivity index (χ1) is 8.19. The zero-order chi connectivity index (χ0) is 13.9. The number of hydrogen-bond donors (Lipinski definition) is 4. The molecule has 18 heavy (non-hydrogen) atoms. The van der Waals surface area contributed by atoms with E-state index in [2.05, 4.69) is 10.6 Å². The van der Waals surface area contributed by atoms with E-state index < -0.39 is 18.2 Å². The lowest BCUT2D eigenvalue weighted by molar-refractivity contribution is -0.140. The molecular weight excluding hydrogens is 256 g/mol. The Morgan fingerprint density at radius 3 is 2.50 bits per heavy atom. The number of aliphatic hydroxyl groups excluding tert-OH is 1. The van der Waals surface area contributed by atoms with Crippen LogP contribution in [0.2, 0.25) is 0 Å². The summed E-state index contributed by atoms with van der Waals surface area (Å²) in [5.74, 6) is -0.784. The number of aliphatic carboxylic acids is 1. The smallest absolute Gasteiger partial charge is 0.321 e. The molecule has 1 rings (SSSR count). The summed E-state index contributed by atoms with van der Waals surface area (Å²) in [6.45, 7) is 5.65. The van der Waals surface area contributed by atoms with E-state index in [1.807, 2.05) is 20.8 Å². The Labute approximate surface area is 111 Å². The van der Waals surface area contributed by atoms with Gasteiger partial charge in [0, 0.05) is 17.7 Å². The summed E-state index contributed by atoms with van der Waals surface area (Å²) < 4.78 is 0. The topological polar surface area (TPSA) is 98.7 Å². The Morgan fingerprint density at radius 1 is 1.44 bits per heavy atom. The van der Waals surface area contributed by atoms with Crippen LogP contribution in [0.4, 0.5) is 0 Å². The molecule has 1 amide bonds. The Balaban J connectivity index is 2.45. The number of carbonyl (C=O) groups excluding carboxylic acids is 1. The quantitative estimate of drug-likeness (QED) is 0.568. The fourth-order valence-corrected chi connectivity index (χ4v) is 2.85. The Morgan fingerprint density at radius 2 is 2.06 bits per heavy atom. The molecule has 0 aliphatic carbocycles. The highest BCUT2D eigenvalue weighted by molar-refractivity contribution is 8.00. The van der Waals surface area contributed by atoms with Crippen molar-refractivity contribution >= 4 is 23.6 Å². The second-order valence-electron chi connectivity index (χ2n) is 5.38. The summed E-state index contributed by atoms with van der Waals surface area (Å²) in [6.07, 6.45) is -0.807. The van der Waals surface area contributed by atoms with Crippen LogP contribution < -0.4 is 10.6 Å². The van der Waals surface area contributed by atoms with Crippen LogP contribution in [0.25, 0.3) is 0 Å². The van der Waals surface area contributed by atoms with Gasteiger partial charge in [-0.1, -0.05) is 0 Å². The molecule has 0 aromatic heterocycles. The van der Waals surface area contributed by atoms with Gasteiger partial charge in [0.25, 0.3) is 0 Å². The standard InChI is InChI=1S/C11H20N2O4S/c1-11(2,3)13-8(14)4-7-9(15)12-6(5-18-7)10(16)17/h6-7,9,12,15H,4-5H2,1-3H3,(H,13,14)(H,16,17). The van der Waals surface area contributed by atoms with E-state index in [-0.39, 0.29) is 23.1 Å². The summed E-state index contributed by atoms with van der Waals surface area (Å²) in [7, 11) is 0. The zero-order valence-corrected chi connectivity index (χ0v) is 11.6. The molecule has 1 fully saturated rings. The summed E-state index contributed by atoms with van der Waals surface area (Å²) in [5.41, 5.74) is -0.307. The van der Waals surface area contributed by atoms with E-state index in [9.17, 15) is 14.7 Å². The van der Waals surface area contributed by atoms with Gasteiger partial charge in [-0.15, -0.1) is 0 Å². The Kier molecular flexibility index (Phi) is 5.01. The number of thioether (sulfide) groups is 1. The fraction of sp³-hybridized carbons (Fsp3) is 0.818. The Bertz CT molecular complexity index is 329. The molecule has 7 heteroatoms. The van der Waals surface area contributed by atoms with Gasteiger partial charge in [-0.25, -0.2) is 0 Å². The lowest BCUT2D eigenvalue weighted by atomic mass is 10.1. The van der Waals surface area contributed by atoms with Gasteiger partial charge >= 0.3 is 5.97 Å². The largest absolute Gasteiger partial charge is 0.480 e. The van der Waals surface area contributed by atoms with Crippen molar-refractivity contribution in [1.82, 2.24) is 10.6 Å². The molecule has 3 unspecified atom stereocenters. The summed E-state index contributed by atoms with van der Waals surface area (Å²) in [5, 5.41) is 23.7. The van der Waals surface area contributed by atoms with Gasteiger partial charge in [0.05, 0.1) is 5.25 Å². The molecule has 1 aliphatic heterocycles. The molecule has 1 heterocycles. The molecule has 4 N–H and O–H groups in total. The molecule has 0 bridgehead atoms. The van der Waals surface area contributed by atoms with E-state index in [1.165, 1.54) is 11.8 Å². The van der Waals surface area contributed by atoms with Crippen molar-refractivity contribution in [2.45, 2.75) is 50.3 Å². The molecule has 0 spiro atoms. The van der Waals surface area contributed by atoms with Crippen molar-refractivity contribution in [1.29, 1.82) is 0 Å². The number of carboxylic acids is 1. The molecule has 1 aliphatic rings. The van der Waals surface area contributed by atoms with Gasteiger partial charge in [-0.05, 0) is 20.8 Å². The predicted molar refractivity (Wildman–Crippen MR) is 69.3 cm³/mol. The minimum atomic E-state index is -0.987. The van der Waals surface area contributed by atoms with Crippen LogP contribution in [0.3, 0.4) is 0 Å². The van der Waals surface area contributed by atoms with Gasteiger partial charge in [0.2, 0.25) is 5.91 Å². The Hall–Kier alpha value is -0.790. The fourth-order valence-electron chi connectivity index (χ4n) is 1.64. The second kappa shape index (κ2) is 5.90. The summed E-state index contributed by atoms with van der Waals surface area (Å²) >= 11 is 1.31. The number of rotatable bonds is 3. The highest BCUT2D eigenvalue weighted by Gasteiger charge is 2.34. The highest BCUT2D eigenvalue weighted by atomic mass is 32.2. The SMILES string of the molecule is CC(C)(C)NC(=O)CC1SCC(C(=O)O)NC1O. The van der Waals surface area contributed by atoms with E-state index in [4.69, 9.17) is 5.11 Å². The van der Waals surface area contributed by atoms with Crippen molar-refractivity contribution in [3.8, 4) is 0 Å². The van der Waals surface area contributed by atoms with Gasteiger partial charge in [-0.2, -0.15) is 11.8 Å². The average Bonchev–Trinajstić information content (AvgIpc) is 2.17. The maximum atomic E-state index is 11.7. The van der Waals surface area contributed by atoms with Crippen molar-refractivity contribution < 1.29 is 19.8 Å². The maximum absolute atomic E-state index is 11.7. The van der Waals surface area contributed by atoms with E-state index in [0.29, 0.717) is 5.75 Å². The molecule has 1 saturated heterocycles. The van der Waals surface area contributed by atoms with Crippen LogP contribution in [-0.2, 0) is 9.59 Å². The van der Waals surface area contributed by atoms with Crippen LogP contribution in [-0.4, -0.2) is 50.9 Å². The third-order valence-electron chi connectivity index (χ3n) is 2.40. The van der Waals surface area contributed by atoms with Crippen molar-refractivity contribution in [2.75, 3.05) is 5.75 Å². The number of nitrogens with one attached hydrogen (secondary N) is 2. The number of hydrogen-bond acceptors (Lipinski definition) is 5. The van der Waals surface area contributed by atoms with Gasteiger partial charge in [-0.3, -0.25) is 14.9 Å². The number of aliphatic hydroxyl groups is 1. The molecule has 0 aromatic rings. The van der Waals surface area contributed by atoms with Crippen LogP contribution in [0.5, 0.6) is 0 Å². The number of amides is 1. The van der Waals surface area contributed by atoms with Gasteiger partial charge in [0.1, 0.15) is 12.3 Å². The molecule has 0 radical (unpaired) electrons. The van der Waals surface area contributed by atoms with E-state index in [1.54, 1.807) is 0 Å². The first-order valence-corrected chi connectivity index (χ1v) is 6.83. The first-order valence-electron chi connectivity index (χ1n) is 5.78. The van der Waals surface area contributed by atoms with Crippen LogP contribution in [0.1, 0.15) is 27.2 Å². The number of carbonyl (C=O) groups is 2. The van der Waals surface area contributed by atoms with Crippen molar-refractivity contribution in [2.24, 2.45) is 0 Å². The molecule has 6 nitrogen and oxygen atoms in total. The molecular formula is C11H20N2O4S. The molecule has 0 saturated carbocycles. The normalized spacial score (nSPS) is 28.8. The minimum absolute atomic E-state index is 0.144. The minimum Gasteiger partial charge on any atom is -0.480 e. The third kappa shape index (κ3) is 4.83. The third-order valence-corrected chi connectivity index (χ3v) is 3.78. The second-order valence-corrected chi connectivity index (χ2v) is 6.65. The lowest BCUT2D eigenvalue weighted by Crippen LogP contribution is -2.54. The van der Waals surface area contributed by atoms with Crippen LogP contribution >= 0.6 is 11.8 Å². The number of carboxylic acid groups (broad SMARTS) is 1. The first kappa shape index (κ1) is 15.3. The van der Waals surface area contributed by atoms with Crippen molar-refractivity contribution in [3.05, 3.63) is 0 Å². The van der Waals surface area contributed by atoms with Crippen LogP contribution in [0.15, 0.2) is 0 Å². The van der Waals surface area contributed by atoms with Gasteiger partial charge < -0.3 is 15.5 Å². The lowest BCUT2D eigenvalue weighted by Gasteiger charge is -2.32. The average molecular weight is 276 g/mol. The van der Waals surface area contributed by atoms with Crippen LogP contribution in [0, 0.1) is 0 Å². The summed E-state index contributed by atoms with van der Waals surface area (Å²) in [4.78, 5) is 22.5. The highest BCUT2D eigenvalue weighted by Crippen LogP contribution is 2.23. The van der Waals surface area contributed by atoms with E-state index >= 15 is 0 Å². The van der Waals surface area contributed by atoms with E-state index in [0.717, 1.165) is 0 Å².